The highest BCUT2D eigenvalue weighted by Crippen LogP contribution is 2.37. The molecule has 18 heavy (non-hydrogen) atoms. The van der Waals surface area contributed by atoms with E-state index in [1.165, 1.54) is 0 Å². The Kier molecular flexibility index (Phi) is 5.20. The Morgan fingerprint density at radius 3 is 2.50 bits per heavy atom. The van der Waals surface area contributed by atoms with Crippen LogP contribution in [-0.4, -0.2) is 63.6 Å². The van der Waals surface area contributed by atoms with Crippen LogP contribution in [0.1, 0.15) is 0 Å². The van der Waals surface area contributed by atoms with Crippen LogP contribution in [0.2, 0.25) is 0 Å². The molecular weight excluding hydrogens is 271 g/mol. The van der Waals surface area contributed by atoms with Gasteiger partial charge >= 0.3 is 7.82 Å². The zero-order valence-electron chi connectivity index (χ0n) is 9.17. The average Bonchev–Trinajstić information content (AvgIpc) is 2.53. The van der Waals surface area contributed by atoms with Gasteiger partial charge in [0, 0.05) is 0 Å². The number of phosphoric ester groups is 1. The Bertz CT molecular complexity index is 346. The molecule has 0 aromatic heterocycles. The van der Waals surface area contributed by atoms with Gasteiger partial charge in [0.2, 0.25) is 5.91 Å². The fourth-order valence-electron chi connectivity index (χ4n) is 1.39. The van der Waals surface area contributed by atoms with Gasteiger partial charge in [-0.05, 0) is 0 Å². The number of nitrogens with two attached hydrogens (primary N) is 1. The molecule has 0 spiro atoms. The van der Waals surface area contributed by atoms with Crippen molar-refractivity contribution in [2.45, 2.75) is 24.5 Å². The Morgan fingerprint density at radius 2 is 2.00 bits per heavy atom. The molecule has 1 heterocycles. The second-order valence-electron chi connectivity index (χ2n) is 3.63. The van der Waals surface area contributed by atoms with Crippen LogP contribution < -0.4 is 11.1 Å². The molecule has 1 aliphatic heterocycles. The van der Waals surface area contributed by atoms with Crippen molar-refractivity contribution < 1.29 is 38.6 Å². The Hall–Kier alpha value is -0.580. The Balaban J connectivity index is 2.53. The normalized spacial score (nSPS) is 32.5. The predicted octanol–water partition coefficient (Wildman–Crippen LogP) is -3.38. The molecule has 10 nitrogen and oxygen atoms in total. The van der Waals surface area contributed by atoms with Crippen LogP contribution in [0.25, 0.3) is 0 Å². The zero-order valence-corrected chi connectivity index (χ0v) is 10.1. The van der Waals surface area contributed by atoms with Gasteiger partial charge in [0.05, 0.1) is 13.2 Å². The summed E-state index contributed by atoms with van der Waals surface area (Å²) in [5.74, 6) is -0.609. The molecule has 11 heteroatoms. The van der Waals surface area contributed by atoms with E-state index in [-0.39, 0.29) is 6.54 Å². The smallest absolute Gasteiger partial charge is 0.387 e. The molecule has 1 fully saturated rings. The highest BCUT2D eigenvalue weighted by Gasteiger charge is 2.44. The lowest BCUT2D eigenvalue weighted by atomic mass is 10.1. The van der Waals surface area contributed by atoms with Crippen molar-refractivity contribution >= 4 is 13.7 Å². The molecule has 0 saturated carbocycles. The van der Waals surface area contributed by atoms with Crippen LogP contribution in [0, 0.1) is 0 Å². The molecule has 106 valence electrons. The van der Waals surface area contributed by atoms with E-state index in [4.69, 9.17) is 20.3 Å². The molecule has 1 aliphatic rings. The van der Waals surface area contributed by atoms with E-state index in [0.717, 1.165) is 0 Å². The highest BCUT2D eigenvalue weighted by molar-refractivity contribution is 7.46. The molecule has 1 amide bonds. The third-order valence-corrected chi connectivity index (χ3v) is 2.74. The number of carbonyl (C=O) groups is 1. The fraction of sp³-hybridized carbons (Fsp3) is 0.857. The van der Waals surface area contributed by atoms with E-state index in [1.807, 2.05) is 0 Å². The van der Waals surface area contributed by atoms with Crippen molar-refractivity contribution in [2.24, 2.45) is 5.73 Å². The SMILES string of the molecule is NCC(=O)NC1OC(COP(=O)(O)O)C(O)C1O. The molecule has 4 atom stereocenters. The van der Waals surface area contributed by atoms with E-state index in [9.17, 15) is 19.6 Å². The van der Waals surface area contributed by atoms with Gasteiger partial charge in [-0.3, -0.25) is 9.32 Å². The molecule has 0 radical (unpaired) electrons. The third kappa shape index (κ3) is 4.26. The van der Waals surface area contributed by atoms with Crippen molar-refractivity contribution in [1.82, 2.24) is 5.32 Å². The summed E-state index contributed by atoms with van der Waals surface area (Å²) in [5, 5.41) is 21.2. The van der Waals surface area contributed by atoms with Crippen LogP contribution in [0.15, 0.2) is 0 Å². The van der Waals surface area contributed by atoms with Crippen molar-refractivity contribution in [2.75, 3.05) is 13.2 Å². The lowest BCUT2D eigenvalue weighted by Gasteiger charge is -2.15. The second kappa shape index (κ2) is 6.04. The predicted molar refractivity (Wildman–Crippen MR) is 55.9 cm³/mol. The quantitative estimate of drug-likeness (QED) is 0.282. The van der Waals surface area contributed by atoms with E-state index in [2.05, 4.69) is 9.84 Å². The van der Waals surface area contributed by atoms with Crippen molar-refractivity contribution in [3.8, 4) is 0 Å². The molecule has 4 unspecified atom stereocenters. The van der Waals surface area contributed by atoms with Crippen molar-refractivity contribution in [3.63, 3.8) is 0 Å². The second-order valence-corrected chi connectivity index (χ2v) is 4.87. The summed E-state index contributed by atoms with van der Waals surface area (Å²) in [6, 6.07) is 0. The van der Waals surface area contributed by atoms with Gasteiger partial charge in [0.1, 0.15) is 18.3 Å². The number of aliphatic hydroxyl groups excluding tert-OH is 2. The molecule has 7 N–H and O–H groups in total. The minimum atomic E-state index is -4.70. The Morgan fingerprint density at radius 1 is 1.39 bits per heavy atom. The van der Waals surface area contributed by atoms with E-state index in [0.29, 0.717) is 0 Å². The van der Waals surface area contributed by atoms with Crippen LogP contribution in [-0.2, 0) is 18.6 Å². The highest BCUT2D eigenvalue weighted by atomic mass is 31.2. The van der Waals surface area contributed by atoms with E-state index >= 15 is 0 Å². The number of aliphatic hydroxyl groups is 2. The van der Waals surface area contributed by atoms with Gasteiger partial charge < -0.3 is 35.8 Å². The summed E-state index contributed by atoms with van der Waals surface area (Å²) < 4.78 is 19.6. The minimum absolute atomic E-state index is 0.327. The maximum Gasteiger partial charge on any atom is 0.469 e. The molecular formula is C7H15N2O8P. The van der Waals surface area contributed by atoms with Gasteiger partial charge in [0.25, 0.3) is 0 Å². The molecule has 0 bridgehead atoms. The number of amides is 1. The standard InChI is InChI=1S/C7H15N2O8P/c8-1-4(10)9-7-6(12)5(11)3(17-7)2-16-18(13,14)15/h3,5-7,11-12H,1-2,8H2,(H,9,10)(H2,13,14,15). The summed E-state index contributed by atoms with van der Waals surface area (Å²) in [4.78, 5) is 27.9. The molecule has 1 rings (SSSR count). The van der Waals surface area contributed by atoms with E-state index in [1.54, 1.807) is 0 Å². The number of phosphoric acid groups is 1. The van der Waals surface area contributed by atoms with Gasteiger partial charge in [-0.25, -0.2) is 4.57 Å². The molecule has 0 aromatic carbocycles. The molecule has 1 saturated heterocycles. The van der Waals surface area contributed by atoms with Gasteiger partial charge in [-0.15, -0.1) is 0 Å². The number of hydrogen-bond donors (Lipinski definition) is 6. The number of rotatable bonds is 5. The monoisotopic (exact) mass is 286 g/mol. The van der Waals surface area contributed by atoms with Crippen molar-refractivity contribution in [3.05, 3.63) is 0 Å². The average molecular weight is 286 g/mol. The summed E-state index contributed by atoms with van der Waals surface area (Å²) in [6.45, 7) is -0.955. The maximum atomic E-state index is 11.0. The summed E-state index contributed by atoms with van der Waals surface area (Å²) >= 11 is 0. The van der Waals surface area contributed by atoms with Crippen molar-refractivity contribution in [1.29, 1.82) is 0 Å². The summed E-state index contributed by atoms with van der Waals surface area (Å²) in [5.41, 5.74) is 5.04. The lowest BCUT2D eigenvalue weighted by molar-refractivity contribution is -0.126. The van der Waals surface area contributed by atoms with Crippen LogP contribution in [0.4, 0.5) is 0 Å². The van der Waals surface area contributed by atoms with Crippen LogP contribution in [0.5, 0.6) is 0 Å². The first-order valence-electron chi connectivity index (χ1n) is 4.95. The van der Waals surface area contributed by atoms with Gasteiger partial charge in [-0.2, -0.15) is 0 Å². The first-order chi connectivity index (χ1) is 8.24. The zero-order chi connectivity index (χ0) is 13.9. The number of hydrogen-bond acceptors (Lipinski definition) is 7. The summed E-state index contributed by atoms with van der Waals surface area (Å²) in [6.07, 6.45) is -5.26. The largest absolute Gasteiger partial charge is 0.469 e. The maximum absolute atomic E-state index is 11.0. The van der Waals surface area contributed by atoms with Crippen LogP contribution >= 0.6 is 7.82 Å². The summed E-state index contributed by atoms with van der Waals surface area (Å²) in [7, 11) is -4.70. The first kappa shape index (κ1) is 15.5. The van der Waals surface area contributed by atoms with Gasteiger partial charge in [-0.1, -0.05) is 0 Å². The molecule has 0 aromatic rings. The lowest BCUT2D eigenvalue weighted by Crippen LogP contribution is -2.45. The minimum Gasteiger partial charge on any atom is -0.387 e. The van der Waals surface area contributed by atoms with Crippen LogP contribution in [0.3, 0.4) is 0 Å². The number of ether oxygens (including phenoxy) is 1. The molecule has 0 aliphatic carbocycles. The third-order valence-electron chi connectivity index (χ3n) is 2.26. The van der Waals surface area contributed by atoms with E-state index < -0.39 is 44.9 Å². The fourth-order valence-corrected chi connectivity index (χ4v) is 1.73. The Labute approximate surface area is 102 Å². The number of carbonyl (C=O) groups excluding carboxylic acids is 1. The topological polar surface area (TPSA) is 172 Å². The first-order valence-corrected chi connectivity index (χ1v) is 6.48. The number of nitrogens with one attached hydrogen (secondary N) is 1. The van der Waals surface area contributed by atoms with Gasteiger partial charge in [0.15, 0.2) is 6.23 Å².